The Balaban J connectivity index is 0. The fraction of sp³-hybridized carbons (Fsp3) is 0.500. The molecule has 138 valence electrons. The summed E-state index contributed by atoms with van der Waals surface area (Å²) in [5, 5.41) is 5.26. The van der Waals surface area contributed by atoms with E-state index in [4.69, 9.17) is 5.73 Å². The first kappa shape index (κ1) is 24.9. The van der Waals surface area contributed by atoms with Crippen LogP contribution in [-0.2, 0) is 22.7 Å². The fourth-order valence-corrected chi connectivity index (χ4v) is 2.08. The summed E-state index contributed by atoms with van der Waals surface area (Å²) < 4.78 is 0. The molecule has 0 aliphatic rings. The van der Waals surface area contributed by atoms with E-state index < -0.39 is 0 Å². The zero-order valence-corrected chi connectivity index (χ0v) is 15.8. The maximum atomic E-state index is 11.7. The van der Waals surface area contributed by atoms with Gasteiger partial charge < -0.3 is 16.4 Å². The lowest BCUT2D eigenvalue weighted by atomic mass is 10.1. The Morgan fingerprint density at radius 3 is 2.12 bits per heavy atom. The van der Waals surface area contributed by atoms with Crippen molar-refractivity contribution in [2.24, 2.45) is 5.73 Å². The summed E-state index contributed by atoms with van der Waals surface area (Å²) in [6, 6.07) is 8.06. The number of nitrogens with zero attached hydrogens (tertiary/aromatic N) is 1. The molecule has 1 aromatic carbocycles. The van der Waals surface area contributed by atoms with Crippen LogP contribution in [0.5, 0.6) is 0 Å². The van der Waals surface area contributed by atoms with Crippen molar-refractivity contribution < 1.29 is 9.59 Å². The number of carbonyl (C=O) groups excluding carboxylic acids is 2. The van der Waals surface area contributed by atoms with E-state index in [1.165, 1.54) is 5.56 Å². The third-order valence-electron chi connectivity index (χ3n) is 3.51. The maximum Gasteiger partial charge on any atom is 0.239 e. The zero-order chi connectivity index (χ0) is 16.4. The Morgan fingerprint density at radius 2 is 1.58 bits per heavy atom. The van der Waals surface area contributed by atoms with Gasteiger partial charge in [-0.1, -0.05) is 38.1 Å². The average molecular weight is 379 g/mol. The van der Waals surface area contributed by atoms with Gasteiger partial charge in [-0.2, -0.15) is 0 Å². The van der Waals surface area contributed by atoms with Gasteiger partial charge in [-0.15, -0.1) is 24.8 Å². The van der Waals surface area contributed by atoms with Crippen LogP contribution in [0.3, 0.4) is 0 Å². The predicted molar refractivity (Wildman–Crippen MR) is 101 cm³/mol. The topological polar surface area (TPSA) is 87.5 Å². The first-order valence-corrected chi connectivity index (χ1v) is 7.63. The predicted octanol–water partition coefficient (Wildman–Crippen LogP) is 1.06. The molecule has 8 heteroatoms. The van der Waals surface area contributed by atoms with E-state index in [-0.39, 0.29) is 49.7 Å². The lowest BCUT2D eigenvalue weighted by molar-refractivity contribution is -0.125. The molecule has 1 aromatic rings. The second-order valence-corrected chi connectivity index (χ2v) is 4.99. The number of amides is 2. The van der Waals surface area contributed by atoms with E-state index in [0.717, 1.165) is 25.2 Å². The molecule has 0 aliphatic carbocycles. The number of hydrogen-bond acceptors (Lipinski definition) is 4. The average Bonchev–Trinajstić information content (AvgIpc) is 2.56. The molecule has 24 heavy (non-hydrogen) atoms. The number of carbonyl (C=O) groups is 2. The SMILES string of the molecule is CCN(CC)Cc1ccccc1CNC(=O)CNC(=O)CN.Cl.Cl. The van der Waals surface area contributed by atoms with Gasteiger partial charge in [-0.05, 0) is 24.2 Å². The van der Waals surface area contributed by atoms with E-state index >= 15 is 0 Å². The Morgan fingerprint density at radius 1 is 1.00 bits per heavy atom. The summed E-state index contributed by atoms with van der Waals surface area (Å²) in [5.41, 5.74) is 7.46. The van der Waals surface area contributed by atoms with Gasteiger partial charge >= 0.3 is 0 Å². The van der Waals surface area contributed by atoms with E-state index in [0.29, 0.717) is 6.54 Å². The quantitative estimate of drug-likeness (QED) is 0.599. The number of halogens is 2. The monoisotopic (exact) mass is 378 g/mol. The second kappa shape index (κ2) is 14.0. The van der Waals surface area contributed by atoms with Crippen LogP contribution >= 0.6 is 24.8 Å². The largest absolute Gasteiger partial charge is 0.350 e. The highest BCUT2D eigenvalue weighted by Gasteiger charge is 2.08. The molecule has 0 radical (unpaired) electrons. The molecule has 0 unspecified atom stereocenters. The van der Waals surface area contributed by atoms with Gasteiger partial charge in [0.1, 0.15) is 0 Å². The van der Waals surface area contributed by atoms with Crippen molar-refractivity contribution in [2.75, 3.05) is 26.2 Å². The number of nitrogens with one attached hydrogen (secondary N) is 2. The van der Waals surface area contributed by atoms with Gasteiger partial charge in [-0.25, -0.2) is 0 Å². The van der Waals surface area contributed by atoms with Crippen molar-refractivity contribution in [3.05, 3.63) is 35.4 Å². The minimum Gasteiger partial charge on any atom is -0.350 e. The van der Waals surface area contributed by atoms with Crippen LogP contribution in [0, 0.1) is 0 Å². The molecule has 0 saturated carbocycles. The Hall–Kier alpha value is -1.34. The number of nitrogens with two attached hydrogens (primary N) is 1. The van der Waals surface area contributed by atoms with Crippen LogP contribution in [0.15, 0.2) is 24.3 Å². The molecule has 0 aliphatic heterocycles. The lowest BCUT2D eigenvalue weighted by Gasteiger charge is -2.20. The van der Waals surface area contributed by atoms with Crippen LogP contribution in [0.2, 0.25) is 0 Å². The molecule has 6 nitrogen and oxygen atoms in total. The summed E-state index contributed by atoms with van der Waals surface area (Å²) in [7, 11) is 0. The summed E-state index contributed by atoms with van der Waals surface area (Å²) in [6.45, 7) is 7.40. The summed E-state index contributed by atoms with van der Waals surface area (Å²) in [6.07, 6.45) is 0. The summed E-state index contributed by atoms with van der Waals surface area (Å²) >= 11 is 0. The van der Waals surface area contributed by atoms with Crippen LogP contribution in [-0.4, -0.2) is 42.9 Å². The summed E-state index contributed by atoms with van der Waals surface area (Å²) in [5.74, 6) is -0.559. The molecule has 0 heterocycles. The number of rotatable bonds is 9. The Kier molecular flexibility index (Phi) is 14.6. The number of hydrogen-bond donors (Lipinski definition) is 3. The molecule has 0 fully saturated rings. The highest BCUT2D eigenvalue weighted by Crippen LogP contribution is 2.11. The summed E-state index contributed by atoms with van der Waals surface area (Å²) in [4.78, 5) is 25.0. The lowest BCUT2D eigenvalue weighted by Crippen LogP contribution is -2.39. The van der Waals surface area contributed by atoms with Gasteiger partial charge in [0.25, 0.3) is 0 Å². The molecule has 0 aromatic heterocycles. The number of benzene rings is 1. The highest BCUT2D eigenvalue weighted by atomic mass is 35.5. The van der Waals surface area contributed by atoms with Crippen molar-refractivity contribution in [1.82, 2.24) is 15.5 Å². The van der Waals surface area contributed by atoms with E-state index in [2.05, 4.69) is 35.4 Å². The Labute approximate surface area is 156 Å². The molecular weight excluding hydrogens is 351 g/mol. The van der Waals surface area contributed by atoms with Crippen LogP contribution in [0.25, 0.3) is 0 Å². The fourth-order valence-electron chi connectivity index (χ4n) is 2.08. The molecule has 0 saturated heterocycles. The molecule has 4 N–H and O–H groups in total. The van der Waals surface area contributed by atoms with E-state index in [9.17, 15) is 9.59 Å². The minimum absolute atomic E-state index is 0. The van der Waals surface area contributed by atoms with Crippen LogP contribution in [0.4, 0.5) is 0 Å². The van der Waals surface area contributed by atoms with E-state index in [1.807, 2.05) is 18.2 Å². The smallest absolute Gasteiger partial charge is 0.239 e. The molecule has 0 spiro atoms. The van der Waals surface area contributed by atoms with Crippen molar-refractivity contribution in [3.8, 4) is 0 Å². The molecule has 0 bridgehead atoms. The highest BCUT2D eigenvalue weighted by molar-refractivity contribution is 5.86. The van der Waals surface area contributed by atoms with Crippen molar-refractivity contribution in [3.63, 3.8) is 0 Å². The second-order valence-electron chi connectivity index (χ2n) is 4.99. The minimum atomic E-state index is -0.336. The van der Waals surface area contributed by atoms with E-state index in [1.54, 1.807) is 0 Å². The van der Waals surface area contributed by atoms with Gasteiger partial charge in [0.2, 0.25) is 11.8 Å². The van der Waals surface area contributed by atoms with Crippen LogP contribution in [0.1, 0.15) is 25.0 Å². The van der Waals surface area contributed by atoms with Gasteiger partial charge in [0.05, 0.1) is 13.1 Å². The standard InChI is InChI=1S/C16H26N4O2.2ClH/c1-3-20(4-2)12-14-8-6-5-7-13(14)10-18-16(22)11-19-15(21)9-17;;/h5-8H,3-4,9-12,17H2,1-2H3,(H,18,22)(H,19,21);2*1H. The Bertz CT molecular complexity index is 497. The van der Waals surface area contributed by atoms with Gasteiger partial charge in [0.15, 0.2) is 0 Å². The first-order chi connectivity index (χ1) is 10.6. The van der Waals surface area contributed by atoms with Gasteiger partial charge in [0, 0.05) is 13.1 Å². The third kappa shape index (κ3) is 9.08. The molecule has 2 amide bonds. The third-order valence-corrected chi connectivity index (χ3v) is 3.51. The van der Waals surface area contributed by atoms with Crippen molar-refractivity contribution >= 4 is 36.6 Å². The van der Waals surface area contributed by atoms with Crippen LogP contribution < -0.4 is 16.4 Å². The van der Waals surface area contributed by atoms with Gasteiger partial charge in [-0.3, -0.25) is 14.5 Å². The molecule has 1 rings (SSSR count). The maximum absolute atomic E-state index is 11.7. The first-order valence-electron chi connectivity index (χ1n) is 7.63. The van der Waals surface area contributed by atoms with Crippen molar-refractivity contribution in [1.29, 1.82) is 0 Å². The van der Waals surface area contributed by atoms with Crippen molar-refractivity contribution in [2.45, 2.75) is 26.9 Å². The zero-order valence-electron chi connectivity index (χ0n) is 14.2. The molecule has 0 atom stereocenters. The molecular formula is C16H28Cl2N4O2. The normalized spacial score (nSPS) is 9.67.